The molecule has 0 aliphatic rings. The van der Waals surface area contributed by atoms with E-state index in [2.05, 4.69) is 21.3 Å². The lowest BCUT2D eigenvalue weighted by molar-refractivity contribution is -0.120. The summed E-state index contributed by atoms with van der Waals surface area (Å²) in [5.74, 6) is -0.292. The van der Waals surface area contributed by atoms with Crippen molar-refractivity contribution in [2.24, 2.45) is 0 Å². The minimum absolute atomic E-state index is 0.0522. The van der Waals surface area contributed by atoms with Gasteiger partial charge in [0.2, 0.25) is 5.91 Å². The van der Waals surface area contributed by atoms with Crippen LogP contribution in [0.5, 0.6) is 0 Å². The fourth-order valence-electron chi connectivity index (χ4n) is 2.24. The highest BCUT2D eigenvalue weighted by Gasteiger charge is 2.07. The Kier molecular flexibility index (Phi) is 7.37. The molecular formula is C20H24N4O3. The van der Waals surface area contributed by atoms with Gasteiger partial charge in [0.05, 0.1) is 0 Å². The molecule has 0 fully saturated rings. The third kappa shape index (κ3) is 6.81. The zero-order valence-electron chi connectivity index (χ0n) is 15.5. The Morgan fingerprint density at radius 2 is 1.30 bits per heavy atom. The number of rotatable bonds is 7. The molecule has 0 saturated carbocycles. The topological polar surface area (TPSA) is 99.3 Å². The van der Waals surface area contributed by atoms with Crippen molar-refractivity contribution in [2.45, 2.75) is 20.3 Å². The SMILES string of the molecule is CCC(=O)NCCNC(=O)c1ccc(NC(=O)Nc2ccc(C)cc2)cc1. The first kappa shape index (κ1) is 20.0. The van der Waals surface area contributed by atoms with Gasteiger partial charge in [-0.1, -0.05) is 24.6 Å². The maximum atomic E-state index is 12.0. The molecule has 0 heterocycles. The minimum Gasteiger partial charge on any atom is -0.354 e. The van der Waals surface area contributed by atoms with Gasteiger partial charge in [-0.25, -0.2) is 4.79 Å². The Bertz CT molecular complexity index is 786. The molecule has 7 nitrogen and oxygen atoms in total. The average molecular weight is 368 g/mol. The predicted octanol–water partition coefficient (Wildman–Crippen LogP) is 2.90. The number of amides is 4. The molecule has 0 aliphatic heterocycles. The molecule has 0 spiro atoms. The number of urea groups is 1. The first-order valence-electron chi connectivity index (χ1n) is 8.77. The summed E-state index contributed by atoms with van der Waals surface area (Å²) in [6.07, 6.45) is 0.417. The van der Waals surface area contributed by atoms with Gasteiger partial charge in [-0.05, 0) is 43.3 Å². The van der Waals surface area contributed by atoms with E-state index in [0.29, 0.717) is 36.4 Å². The first-order chi connectivity index (χ1) is 13.0. The smallest absolute Gasteiger partial charge is 0.323 e. The number of carbonyl (C=O) groups is 3. The highest BCUT2D eigenvalue weighted by molar-refractivity contribution is 6.00. The molecule has 0 bridgehead atoms. The molecule has 0 atom stereocenters. The van der Waals surface area contributed by atoms with Crippen LogP contribution in [-0.4, -0.2) is 30.9 Å². The Labute approximate surface area is 158 Å². The van der Waals surface area contributed by atoms with Crippen molar-refractivity contribution in [3.8, 4) is 0 Å². The number of hydrogen-bond donors (Lipinski definition) is 4. The molecule has 0 aliphatic carbocycles. The molecule has 2 aromatic carbocycles. The number of anilines is 2. The largest absolute Gasteiger partial charge is 0.354 e. The van der Waals surface area contributed by atoms with Crippen molar-refractivity contribution in [1.82, 2.24) is 10.6 Å². The average Bonchev–Trinajstić information content (AvgIpc) is 2.67. The fraction of sp³-hybridized carbons (Fsp3) is 0.250. The molecule has 7 heteroatoms. The van der Waals surface area contributed by atoms with Crippen LogP contribution in [0.2, 0.25) is 0 Å². The lowest BCUT2D eigenvalue weighted by Crippen LogP contribution is -2.34. The normalized spacial score (nSPS) is 10.0. The summed E-state index contributed by atoms with van der Waals surface area (Å²) in [5.41, 5.74) is 2.86. The number of carbonyl (C=O) groups excluding carboxylic acids is 3. The minimum atomic E-state index is -0.359. The van der Waals surface area contributed by atoms with Crippen LogP contribution in [0, 0.1) is 6.92 Å². The number of hydrogen-bond acceptors (Lipinski definition) is 3. The van der Waals surface area contributed by atoms with E-state index < -0.39 is 0 Å². The molecule has 2 rings (SSSR count). The van der Waals surface area contributed by atoms with Gasteiger partial charge in [-0.15, -0.1) is 0 Å². The molecule has 0 unspecified atom stereocenters. The summed E-state index contributed by atoms with van der Waals surface area (Å²) in [7, 11) is 0. The molecule has 4 amide bonds. The van der Waals surface area contributed by atoms with Crippen molar-refractivity contribution in [3.63, 3.8) is 0 Å². The van der Waals surface area contributed by atoms with E-state index in [9.17, 15) is 14.4 Å². The van der Waals surface area contributed by atoms with Crippen LogP contribution >= 0.6 is 0 Å². The molecular weight excluding hydrogens is 344 g/mol. The van der Waals surface area contributed by atoms with Crippen molar-refractivity contribution < 1.29 is 14.4 Å². The van der Waals surface area contributed by atoms with Crippen LogP contribution in [0.25, 0.3) is 0 Å². The Morgan fingerprint density at radius 1 is 0.778 bits per heavy atom. The van der Waals surface area contributed by atoms with E-state index in [1.165, 1.54) is 0 Å². The quantitative estimate of drug-likeness (QED) is 0.566. The monoisotopic (exact) mass is 368 g/mol. The summed E-state index contributed by atoms with van der Waals surface area (Å²) < 4.78 is 0. The highest BCUT2D eigenvalue weighted by Crippen LogP contribution is 2.12. The maximum absolute atomic E-state index is 12.0. The van der Waals surface area contributed by atoms with E-state index in [1.807, 2.05) is 31.2 Å². The molecule has 0 radical (unpaired) electrons. The van der Waals surface area contributed by atoms with Crippen LogP contribution < -0.4 is 21.3 Å². The van der Waals surface area contributed by atoms with Gasteiger partial charge in [0.15, 0.2) is 0 Å². The molecule has 0 saturated heterocycles. The molecule has 142 valence electrons. The number of nitrogens with one attached hydrogen (secondary N) is 4. The van der Waals surface area contributed by atoms with E-state index in [1.54, 1.807) is 31.2 Å². The van der Waals surface area contributed by atoms with Crippen molar-refractivity contribution in [1.29, 1.82) is 0 Å². The fourth-order valence-corrected chi connectivity index (χ4v) is 2.24. The van der Waals surface area contributed by atoms with E-state index in [0.717, 1.165) is 5.56 Å². The van der Waals surface area contributed by atoms with Gasteiger partial charge in [-0.3, -0.25) is 9.59 Å². The maximum Gasteiger partial charge on any atom is 0.323 e. The third-order valence-electron chi connectivity index (χ3n) is 3.77. The second-order valence-corrected chi connectivity index (χ2v) is 5.98. The summed E-state index contributed by atoms with van der Waals surface area (Å²) in [6, 6.07) is 13.7. The van der Waals surface area contributed by atoms with Crippen LogP contribution in [0.4, 0.5) is 16.2 Å². The molecule has 0 aromatic heterocycles. The van der Waals surface area contributed by atoms with Gasteiger partial charge in [0.1, 0.15) is 0 Å². The van der Waals surface area contributed by atoms with Gasteiger partial charge in [0.25, 0.3) is 5.91 Å². The van der Waals surface area contributed by atoms with Crippen molar-refractivity contribution in [2.75, 3.05) is 23.7 Å². The zero-order chi connectivity index (χ0) is 19.6. The number of benzene rings is 2. The summed E-state index contributed by atoms with van der Waals surface area (Å²) in [6.45, 7) is 4.48. The van der Waals surface area contributed by atoms with E-state index in [4.69, 9.17) is 0 Å². The Morgan fingerprint density at radius 3 is 1.85 bits per heavy atom. The summed E-state index contributed by atoms with van der Waals surface area (Å²) in [5, 5.41) is 10.9. The zero-order valence-corrected chi connectivity index (χ0v) is 15.5. The van der Waals surface area contributed by atoms with Crippen LogP contribution in [0.3, 0.4) is 0 Å². The highest BCUT2D eigenvalue weighted by atomic mass is 16.2. The standard InChI is InChI=1S/C20H24N4O3/c1-3-18(25)21-12-13-22-19(26)15-6-10-17(11-7-15)24-20(27)23-16-8-4-14(2)5-9-16/h4-11H,3,12-13H2,1-2H3,(H,21,25)(H,22,26)(H2,23,24,27). The lowest BCUT2D eigenvalue weighted by Gasteiger charge is -2.09. The van der Waals surface area contributed by atoms with Crippen molar-refractivity contribution in [3.05, 3.63) is 59.7 Å². The number of aryl methyl sites for hydroxylation is 1. The van der Waals surface area contributed by atoms with Crippen LogP contribution in [-0.2, 0) is 4.79 Å². The Hall–Kier alpha value is -3.35. The summed E-state index contributed by atoms with van der Waals surface area (Å²) >= 11 is 0. The second kappa shape index (κ2) is 9.96. The first-order valence-corrected chi connectivity index (χ1v) is 8.77. The molecule has 27 heavy (non-hydrogen) atoms. The molecule has 4 N–H and O–H groups in total. The van der Waals surface area contributed by atoms with Gasteiger partial charge >= 0.3 is 6.03 Å². The van der Waals surface area contributed by atoms with Crippen molar-refractivity contribution >= 4 is 29.2 Å². The van der Waals surface area contributed by atoms with Gasteiger partial charge < -0.3 is 21.3 Å². The van der Waals surface area contributed by atoms with Gasteiger partial charge in [0, 0.05) is 36.4 Å². The third-order valence-corrected chi connectivity index (χ3v) is 3.77. The second-order valence-electron chi connectivity index (χ2n) is 5.98. The van der Waals surface area contributed by atoms with Gasteiger partial charge in [-0.2, -0.15) is 0 Å². The summed E-state index contributed by atoms with van der Waals surface area (Å²) in [4.78, 5) is 35.2. The van der Waals surface area contributed by atoms with Crippen LogP contribution in [0.1, 0.15) is 29.3 Å². The predicted molar refractivity (Wildman–Crippen MR) is 106 cm³/mol. The molecule has 2 aromatic rings. The lowest BCUT2D eigenvalue weighted by atomic mass is 10.2. The Balaban J connectivity index is 1.79. The van der Waals surface area contributed by atoms with E-state index >= 15 is 0 Å². The van der Waals surface area contributed by atoms with Crippen LogP contribution in [0.15, 0.2) is 48.5 Å². The van der Waals surface area contributed by atoms with E-state index in [-0.39, 0.29) is 17.8 Å².